The molecule has 3 rings (SSSR count). The van der Waals surface area contributed by atoms with E-state index in [1.54, 1.807) is 0 Å². The van der Waals surface area contributed by atoms with Crippen molar-refractivity contribution in [3.8, 4) is 16.9 Å². The molecule has 116 valence electrons. The van der Waals surface area contributed by atoms with Crippen LogP contribution >= 0.6 is 0 Å². The van der Waals surface area contributed by atoms with Gasteiger partial charge in [0.2, 0.25) is 0 Å². The lowest BCUT2D eigenvalue weighted by atomic mass is 10.1. The summed E-state index contributed by atoms with van der Waals surface area (Å²) in [5.41, 5.74) is 2.08. The summed E-state index contributed by atoms with van der Waals surface area (Å²) in [6.07, 6.45) is -0.153. The highest BCUT2D eigenvalue weighted by Crippen LogP contribution is 2.26. The third-order valence-electron chi connectivity index (χ3n) is 3.48. The van der Waals surface area contributed by atoms with Gasteiger partial charge in [-0.2, -0.15) is 0 Å². The summed E-state index contributed by atoms with van der Waals surface area (Å²) in [5.74, 6) is 0.122. The molecule has 0 unspecified atom stereocenters. The number of hydrogen-bond acceptors (Lipinski definition) is 4. The summed E-state index contributed by atoms with van der Waals surface area (Å²) in [4.78, 5) is 23.3. The molecule has 0 aliphatic rings. The molecule has 0 fully saturated rings. The highest BCUT2D eigenvalue weighted by Gasteiger charge is 2.23. The summed E-state index contributed by atoms with van der Waals surface area (Å²) in [5, 5.41) is 2.98. The lowest BCUT2D eigenvalue weighted by Crippen LogP contribution is -2.36. The predicted octanol–water partition coefficient (Wildman–Crippen LogP) is 3.48. The minimum absolute atomic E-state index is 0.122. The number of nitrogens with one attached hydrogen (secondary N) is 1. The topological polar surface area (TPSA) is 55.4 Å². The Balaban J connectivity index is 1.81. The highest BCUT2D eigenvalue weighted by molar-refractivity contribution is 5.72. The molecule has 0 aliphatic carbocycles. The first kappa shape index (κ1) is 15.0. The average molecular weight is 307 g/mol. The fourth-order valence-electron chi connectivity index (χ4n) is 2.35. The molecular weight excluding hydrogens is 290 g/mol. The normalized spacial score (nSPS) is 10.9. The van der Waals surface area contributed by atoms with E-state index in [-0.39, 0.29) is 17.5 Å². The zero-order valence-corrected chi connectivity index (χ0v) is 13.0. The number of rotatable bonds is 5. The van der Waals surface area contributed by atoms with Crippen LogP contribution in [-0.4, -0.2) is 6.10 Å². The van der Waals surface area contributed by atoms with Crippen molar-refractivity contribution in [2.45, 2.75) is 20.0 Å². The predicted molar refractivity (Wildman–Crippen MR) is 92.3 cm³/mol. The second-order valence-corrected chi connectivity index (χ2v) is 5.60. The third-order valence-corrected chi connectivity index (χ3v) is 3.48. The van der Waals surface area contributed by atoms with Crippen molar-refractivity contribution in [1.29, 1.82) is 0 Å². The fraction of sp³-hybridized carbons (Fsp3) is 0.158. The SMILES string of the molecule is CC(C)Oc1c(Nc2ccc(-c3ccccc3)cc2)c(=O)c1=O. The Morgan fingerprint density at radius 2 is 1.43 bits per heavy atom. The van der Waals surface area contributed by atoms with E-state index >= 15 is 0 Å². The largest absolute Gasteiger partial charge is 0.485 e. The molecule has 1 N–H and O–H groups in total. The van der Waals surface area contributed by atoms with Crippen LogP contribution < -0.4 is 20.9 Å². The van der Waals surface area contributed by atoms with Crippen molar-refractivity contribution >= 4 is 11.4 Å². The van der Waals surface area contributed by atoms with Gasteiger partial charge in [0.05, 0.1) is 6.10 Å². The monoisotopic (exact) mass is 307 g/mol. The first-order valence-corrected chi connectivity index (χ1v) is 7.48. The number of hydrogen-bond donors (Lipinski definition) is 1. The minimum Gasteiger partial charge on any atom is -0.485 e. The lowest BCUT2D eigenvalue weighted by Gasteiger charge is -2.16. The summed E-state index contributed by atoms with van der Waals surface area (Å²) < 4.78 is 5.39. The summed E-state index contributed by atoms with van der Waals surface area (Å²) in [7, 11) is 0. The molecule has 0 aromatic heterocycles. The van der Waals surface area contributed by atoms with Crippen molar-refractivity contribution in [2.24, 2.45) is 0 Å². The van der Waals surface area contributed by atoms with Gasteiger partial charge in [0, 0.05) is 5.69 Å². The van der Waals surface area contributed by atoms with E-state index in [4.69, 9.17) is 4.74 Å². The molecule has 3 aromatic carbocycles. The zero-order valence-electron chi connectivity index (χ0n) is 13.0. The lowest BCUT2D eigenvalue weighted by molar-refractivity contribution is 0.239. The Bertz CT molecular complexity index is 873. The van der Waals surface area contributed by atoms with Gasteiger partial charge in [-0.15, -0.1) is 0 Å². The van der Waals surface area contributed by atoms with Crippen LogP contribution in [0.25, 0.3) is 11.1 Å². The fourth-order valence-corrected chi connectivity index (χ4v) is 2.35. The summed E-state index contributed by atoms with van der Waals surface area (Å²) >= 11 is 0. The second-order valence-electron chi connectivity index (χ2n) is 5.60. The van der Waals surface area contributed by atoms with Gasteiger partial charge < -0.3 is 10.1 Å². The average Bonchev–Trinajstić information content (AvgIpc) is 2.58. The molecule has 4 nitrogen and oxygen atoms in total. The third kappa shape index (κ3) is 3.01. The maximum absolute atomic E-state index is 11.7. The van der Waals surface area contributed by atoms with Crippen molar-refractivity contribution in [3.63, 3.8) is 0 Å². The number of benzene rings is 2. The summed E-state index contributed by atoms with van der Waals surface area (Å²) in [6, 6.07) is 17.7. The maximum Gasteiger partial charge on any atom is 0.272 e. The van der Waals surface area contributed by atoms with E-state index in [1.807, 2.05) is 68.4 Å². The molecule has 4 heteroatoms. The van der Waals surface area contributed by atoms with Gasteiger partial charge in [-0.05, 0) is 37.1 Å². The molecule has 0 saturated heterocycles. The number of ether oxygens (including phenoxy) is 1. The Morgan fingerprint density at radius 3 is 2.04 bits per heavy atom. The van der Waals surface area contributed by atoms with E-state index in [0.717, 1.165) is 16.8 Å². The van der Waals surface area contributed by atoms with Gasteiger partial charge in [-0.3, -0.25) is 9.59 Å². The molecule has 0 spiro atoms. The van der Waals surface area contributed by atoms with Gasteiger partial charge in [-0.1, -0.05) is 42.5 Å². The quantitative estimate of drug-likeness (QED) is 0.733. The van der Waals surface area contributed by atoms with Crippen molar-refractivity contribution in [3.05, 3.63) is 75.0 Å². The molecule has 0 amide bonds. The Labute approximate surface area is 134 Å². The van der Waals surface area contributed by atoms with Crippen LogP contribution in [0.15, 0.2) is 64.2 Å². The molecule has 0 atom stereocenters. The Hall–Kier alpha value is -2.88. The Kier molecular flexibility index (Phi) is 3.98. The van der Waals surface area contributed by atoms with E-state index in [0.29, 0.717) is 0 Å². The molecule has 23 heavy (non-hydrogen) atoms. The van der Waals surface area contributed by atoms with E-state index in [9.17, 15) is 9.59 Å². The van der Waals surface area contributed by atoms with Crippen LogP contribution in [-0.2, 0) is 0 Å². The molecule has 0 saturated carbocycles. The standard InChI is InChI=1S/C19H17NO3/c1-12(2)23-19-16(17(21)18(19)22)20-15-10-8-14(9-11-15)13-6-4-3-5-7-13/h3-12,20H,1-2H3. The van der Waals surface area contributed by atoms with Gasteiger partial charge in [0.25, 0.3) is 10.9 Å². The van der Waals surface area contributed by atoms with Crippen LogP contribution in [0.4, 0.5) is 11.4 Å². The smallest absolute Gasteiger partial charge is 0.272 e. The van der Waals surface area contributed by atoms with Crippen LogP contribution in [0.5, 0.6) is 5.75 Å². The van der Waals surface area contributed by atoms with Gasteiger partial charge in [0.1, 0.15) is 5.69 Å². The van der Waals surface area contributed by atoms with Gasteiger partial charge in [0.15, 0.2) is 5.75 Å². The first-order valence-electron chi connectivity index (χ1n) is 7.48. The number of anilines is 2. The second kappa shape index (κ2) is 6.08. The molecule has 3 aromatic rings. The van der Waals surface area contributed by atoms with Crippen molar-refractivity contribution < 1.29 is 4.74 Å². The first-order chi connectivity index (χ1) is 11.1. The molecule has 0 aliphatic heterocycles. The molecule has 0 heterocycles. The van der Waals surface area contributed by atoms with E-state index < -0.39 is 10.9 Å². The minimum atomic E-state index is -0.567. The summed E-state index contributed by atoms with van der Waals surface area (Å²) in [6.45, 7) is 3.63. The van der Waals surface area contributed by atoms with Crippen LogP contribution in [0.2, 0.25) is 0 Å². The van der Waals surface area contributed by atoms with Crippen LogP contribution in [0.1, 0.15) is 13.8 Å². The molecular formula is C19H17NO3. The van der Waals surface area contributed by atoms with E-state index in [2.05, 4.69) is 5.32 Å². The van der Waals surface area contributed by atoms with E-state index in [1.165, 1.54) is 0 Å². The van der Waals surface area contributed by atoms with Gasteiger partial charge >= 0.3 is 0 Å². The van der Waals surface area contributed by atoms with Crippen molar-refractivity contribution in [2.75, 3.05) is 5.32 Å². The zero-order chi connectivity index (χ0) is 16.4. The molecule has 0 bridgehead atoms. The Morgan fingerprint density at radius 1 is 0.826 bits per heavy atom. The van der Waals surface area contributed by atoms with Crippen molar-refractivity contribution in [1.82, 2.24) is 0 Å². The van der Waals surface area contributed by atoms with Gasteiger partial charge in [-0.25, -0.2) is 0 Å². The highest BCUT2D eigenvalue weighted by atomic mass is 16.5. The van der Waals surface area contributed by atoms with Crippen LogP contribution in [0.3, 0.4) is 0 Å². The van der Waals surface area contributed by atoms with Crippen LogP contribution in [0, 0.1) is 0 Å². The maximum atomic E-state index is 11.7. The molecule has 0 radical (unpaired) electrons.